The molecule has 5 nitrogen and oxygen atoms in total. The van der Waals surface area contributed by atoms with Crippen LogP contribution in [0.2, 0.25) is 0 Å². The van der Waals surface area contributed by atoms with Gasteiger partial charge in [0.15, 0.2) is 5.78 Å². The second-order valence-electron chi connectivity index (χ2n) is 5.35. The number of hydrogen-bond acceptors (Lipinski definition) is 4. The van der Waals surface area contributed by atoms with Crippen LogP contribution in [0.3, 0.4) is 0 Å². The number of carbonyl (C=O) groups is 1. The highest BCUT2D eigenvalue weighted by Gasteiger charge is 2.24. The Hall–Kier alpha value is -2.49. The summed E-state index contributed by atoms with van der Waals surface area (Å²) in [6.45, 7) is 1.54. The van der Waals surface area contributed by atoms with Crippen molar-refractivity contribution in [1.82, 2.24) is 4.31 Å². The molecule has 0 aliphatic heterocycles. The number of rotatable bonds is 7. The van der Waals surface area contributed by atoms with E-state index in [0.29, 0.717) is 5.56 Å². The summed E-state index contributed by atoms with van der Waals surface area (Å²) in [6.07, 6.45) is 0.0246. The highest BCUT2D eigenvalue weighted by molar-refractivity contribution is 7.89. The zero-order valence-corrected chi connectivity index (χ0v) is 14.2. The summed E-state index contributed by atoms with van der Waals surface area (Å²) in [5.74, 6) is -0.155. The Kier molecular flexibility index (Phi) is 5.85. The van der Waals surface area contributed by atoms with Gasteiger partial charge in [0.1, 0.15) is 6.54 Å². The SMILES string of the molecule is Cc1ccc(S(=O)(=O)N(CC#N)CCC(=O)c2ccccc2)cc1. The first-order valence-corrected chi connectivity index (χ1v) is 8.91. The Labute approximate surface area is 142 Å². The summed E-state index contributed by atoms with van der Waals surface area (Å²) in [6, 6.07) is 17.0. The lowest BCUT2D eigenvalue weighted by Crippen LogP contribution is -2.33. The third-order valence-electron chi connectivity index (χ3n) is 3.59. The fraction of sp³-hybridized carbons (Fsp3) is 0.222. The number of benzene rings is 2. The molecule has 0 spiro atoms. The Balaban J connectivity index is 2.15. The molecule has 2 aromatic rings. The fourth-order valence-corrected chi connectivity index (χ4v) is 3.55. The minimum atomic E-state index is -3.80. The molecule has 0 aliphatic carbocycles. The highest BCUT2D eigenvalue weighted by atomic mass is 32.2. The van der Waals surface area contributed by atoms with Crippen LogP contribution in [-0.2, 0) is 10.0 Å². The third-order valence-corrected chi connectivity index (χ3v) is 5.45. The first-order chi connectivity index (χ1) is 11.4. The van der Waals surface area contributed by atoms with Crippen LogP contribution < -0.4 is 0 Å². The number of aryl methyl sites for hydroxylation is 1. The number of hydrogen-bond donors (Lipinski definition) is 0. The monoisotopic (exact) mass is 342 g/mol. The smallest absolute Gasteiger partial charge is 0.244 e. The first-order valence-electron chi connectivity index (χ1n) is 7.47. The molecule has 0 aromatic heterocycles. The molecule has 0 bridgehead atoms. The lowest BCUT2D eigenvalue weighted by atomic mass is 10.1. The third kappa shape index (κ3) is 4.28. The summed E-state index contributed by atoms with van der Waals surface area (Å²) in [7, 11) is -3.80. The molecule has 124 valence electrons. The van der Waals surface area contributed by atoms with Gasteiger partial charge in [-0.25, -0.2) is 8.42 Å². The molecule has 0 radical (unpaired) electrons. The average Bonchev–Trinajstić information content (AvgIpc) is 2.59. The zero-order valence-electron chi connectivity index (χ0n) is 13.3. The van der Waals surface area contributed by atoms with E-state index < -0.39 is 10.0 Å². The molecular formula is C18H18N2O3S. The van der Waals surface area contributed by atoms with E-state index in [1.54, 1.807) is 42.5 Å². The van der Waals surface area contributed by atoms with Gasteiger partial charge in [-0.2, -0.15) is 9.57 Å². The summed E-state index contributed by atoms with van der Waals surface area (Å²) < 4.78 is 26.3. The van der Waals surface area contributed by atoms with E-state index in [4.69, 9.17) is 5.26 Å². The molecule has 0 saturated heterocycles. The second-order valence-corrected chi connectivity index (χ2v) is 7.29. The number of Topliss-reactive ketones (excluding diaryl/α,β-unsaturated/α-hetero) is 1. The molecule has 0 N–H and O–H groups in total. The number of sulfonamides is 1. The summed E-state index contributed by atoms with van der Waals surface area (Å²) >= 11 is 0. The van der Waals surface area contributed by atoms with Gasteiger partial charge in [0.2, 0.25) is 10.0 Å². The molecule has 0 unspecified atom stereocenters. The number of carbonyl (C=O) groups excluding carboxylic acids is 1. The van der Waals surface area contributed by atoms with E-state index in [1.807, 2.05) is 13.0 Å². The molecule has 2 rings (SSSR count). The molecule has 0 heterocycles. The van der Waals surface area contributed by atoms with Crippen LogP contribution >= 0.6 is 0 Å². The minimum absolute atomic E-state index is 0.0246. The van der Waals surface area contributed by atoms with Gasteiger partial charge in [-0.3, -0.25) is 4.79 Å². The quantitative estimate of drug-likeness (QED) is 0.572. The van der Waals surface area contributed by atoms with Gasteiger partial charge in [0, 0.05) is 18.5 Å². The van der Waals surface area contributed by atoms with E-state index in [1.165, 1.54) is 12.1 Å². The Morgan fingerprint density at radius 3 is 2.29 bits per heavy atom. The summed E-state index contributed by atoms with van der Waals surface area (Å²) in [5.41, 5.74) is 1.47. The molecule has 24 heavy (non-hydrogen) atoms. The van der Waals surface area contributed by atoms with Gasteiger partial charge in [0.25, 0.3) is 0 Å². The van der Waals surface area contributed by atoms with E-state index in [2.05, 4.69) is 0 Å². The van der Waals surface area contributed by atoms with Crippen LogP contribution in [-0.4, -0.2) is 31.6 Å². The van der Waals surface area contributed by atoms with Crippen LogP contribution in [0.15, 0.2) is 59.5 Å². The van der Waals surface area contributed by atoms with Crippen LogP contribution in [0, 0.1) is 18.3 Å². The van der Waals surface area contributed by atoms with Gasteiger partial charge >= 0.3 is 0 Å². The maximum atomic E-state index is 12.6. The van der Waals surface area contributed by atoms with Crippen molar-refractivity contribution in [3.05, 3.63) is 65.7 Å². The lowest BCUT2D eigenvalue weighted by Gasteiger charge is -2.19. The van der Waals surface area contributed by atoms with Crippen molar-refractivity contribution in [3.63, 3.8) is 0 Å². The number of nitrogens with zero attached hydrogens (tertiary/aromatic N) is 2. The van der Waals surface area contributed by atoms with Crippen molar-refractivity contribution in [2.24, 2.45) is 0 Å². The van der Waals surface area contributed by atoms with Crippen LogP contribution in [0.25, 0.3) is 0 Å². The molecule has 6 heteroatoms. The topological polar surface area (TPSA) is 78.2 Å². The standard InChI is InChI=1S/C18H18N2O3S/c1-15-7-9-17(10-8-15)24(22,23)20(14-12-19)13-11-18(21)16-5-3-2-4-6-16/h2-10H,11,13-14H2,1H3. The molecular weight excluding hydrogens is 324 g/mol. The van der Waals surface area contributed by atoms with E-state index in [9.17, 15) is 13.2 Å². The normalized spacial score (nSPS) is 11.2. The Morgan fingerprint density at radius 2 is 1.71 bits per heavy atom. The molecule has 0 amide bonds. The van der Waals surface area contributed by atoms with Gasteiger partial charge in [0.05, 0.1) is 11.0 Å². The highest BCUT2D eigenvalue weighted by Crippen LogP contribution is 2.17. The molecule has 0 aliphatic rings. The predicted octanol–water partition coefficient (Wildman–Crippen LogP) is 2.78. The van der Waals surface area contributed by atoms with Crippen LogP contribution in [0.1, 0.15) is 22.3 Å². The van der Waals surface area contributed by atoms with Crippen LogP contribution in [0.4, 0.5) is 0 Å². The van der Waals surface area contributed by atoms with Gasteiger partial charge in [-0.1, -0.05) is 48.0 Å². The minimum Gasteiger partial charge on any atom is -0.294 e. The molecule has 0 atom stereocenters. The molecule has 2 aromatic carbocycles. The van der Waals surface area contributed by atoms with Crippen molar-refractivity contribution >= 4 is 15.8 Å². The van der Waals surface area contributed by atoms with E-state index >= 15 is 0 Å². The maximum Gasteiger partial charge on any atom is 0.244 e. The Morgan fingerprint density at radius 1 is 1.08 bits per heavy atom. The molecule has 0 fully saturated rings. The van der Waals surface area contributed by atoms with Gasteiger partial charge < -0.3 is 0 Å². The van der Waals surface area contributed by atoms with E-state index in [-0.39, 0.29) is 30.2 Å². The van der Waals surface area contributed by atoms with Gasteiger partial charge in [-0.05, 0) is 19.1 Å². The summed E-state index contributed by atoms with van der Waals surface area (Å²) in [4.78, 5) is 12.3. The van der Waals surface area contributed by atoms with Crippen molar-refractivity contribution in [1.29, 1.82) is 5.26 Å². The largest absolute Gasteiger partial charge is 0.294 e. The van der Waals surface area contributed by atoms with Crippen molar-refractivity contribution < 1.29 is 13.2 Å². The van der Waals surface area contributed by atoms with Gasteiger partial charge in [-0.15, -0.1) is 0 Å². The second kappa shape index (κ2) is 7.86. The maximum absolute atomic E-state index is 12.6. The number of ketones is 1. The van der Waals surface area contributed by atoms with Crippen molar-refractivity contribution in [2.45, 2.75) is 18.2 Å². The molecule has 0 saturated carbocycles. The average molecular weight is 342 g/mol. The van der Waals surface area contributed by atoms with Crippen molar-refractivity contribution in [3.8, 4) is 6.07 Å². The first kappa shape index (κ1) is 17.9. The summed E-state index contributed by atoms with van der Waals surface area (Å²) in [5, 5.41) is 8.93. The number of nitriles is 1. The van der Waals surface area contributed by atoms with E-state index in [0.717, 1.165) is 9.87 Å². The lowest BCUT2D eigenvalue weighted by molar-refractivity contribution is 0.0977. The fourth-order valence-electron chi connectivity index (χ4n) is 2.22. The van der Waals surface area contributed by atoms with Crippen LogP contribution in [0.5, 0.6) is 0 Å². The predicted molar refractivity (Wildman–Crippen MR) is 90.9 cm³/mol. The van der Waals surface area contributed by atoms with Crippen molar-refractivity contribution in [2.75, 3.05) is 13.1 Å². The zero-order chi connectivity index (χ0) is 17.6. The Bertz CT molecular complexity index is 838.